The topological polar surface area (TPSA) is 85.4 Å². The van der Waals surface area contributed by atoms with Gasteiger partial charge in [-0.2, -0.15) is 5.26 Å². The van der Waals surface area contributed by atoms with E-state index in [4.69, 9.17) is 0 Å². The Bertz CT molecular complexity index is 1300. The van der Waals surface area contributed by atoms with Gasteiger partial charge in [0.2, 0.25) is 0 Å². The zero-order valence-electron chi connectivity index (χ0n) is 18.1. The lowest BCUT2D eigenvalue weighted by Crippen LogP contribution is -2.58. The molecule has 0 radical (unpaired) electrons. The molecule has 4 rings (SSSR count). The molecule has 0 saturated carbocycles. The number of benzene rings is 1. The smallest absolute Gasteiger partial charge is 0.252 e. The quantitative estimate of drug-likeness (QED) is 0.647. The Hall–Kier alpha value is -3.42. The summed E-state index contributed by atoms with van der Waals surface area (Å²) in [5, 5.41) is 19.3. The van der Waals surface area contributed by atoms with Crippen molar-refractivity contribution in [3.8, 4) is 6.07 Å². The summed E-state index contributed by atoms with van der Waals surface area (Å²) in [4.78, 5) is 20.6. The molecule has 10 heteroatoms. The molecule has 1 aromatic carbocycles. The fraction of sp³-hybridized carbons (Fsp3) is 0.348. The van der Waals surface area contributed by atoms with E-state index in [0.717, 1.165) is 0 Å². The molecule has 7 nitrogen and oxygen atoms in total. The fourth-order valence-electron chi connectivity index (χ4n) is 4.33. The summed E-state index contributed by atoms with van der Waals surface area (Å²) in [6, 6.07) is 7.18. The maximum Gasteiger partial charge on any atom is 0.252 e. The minimum absolute atomic E-state index is 0.143. The summed E-state index contributed by atoms with van der Waals surface area (Å²) in [6.45, 7) is 2.01. The van der Waals surface area contributed by atoms with E-state index in [1.165, 1.54) is 16.7 Å². The van der Waals surface area contributed by atoms with Crippen LogP contribution in [-0.4, -0.2) is 51.3 Å². The Balaban J connectivity index is 1.71. The Morgan fingerprint density at radius 2 is 1.88 bits per heavy atom. The Morgan fingerprint density at radius 1 is 1.18 bits per heavy atom. The lowest BCUT2D eigenvalue weighted by atomic mass is 10.0. The van der Waals surface area contributed by atoms with Crippen LogP contribution in [0.25, 0.3) is 11.0 Å². The standard InChI is InChI=1S/C23H22F3N5O2/c1-13-9-30(11-17-18(25)5-14(24)6-19(17)26)16(12-32)10-31(13)21-7-22(33)29(2)20-4-3-15(8-27)28-23(20)21/h3-7,13,16,32H,9-12H2,1-2H3/t13-,16-/m1/s1. The molecule has 0 aliphatic carbocycles. The number of aromatic nitrogens is 2. The van der Waals surface area contributed by atoms with Gasteiger partial charge >= 0.3 is 0 Å². The first kappa shape index (κ1) is 22.8. The van der Waals surface area contributed by atoms with E-state index in [9.17, 15) is 28.3 Å². The van der Waals surface area contributed by atoms with Crippen LogP contribution in [0.1, 0.15) is 18.2 Å². The van der Waals surface area contributed by atoms with Crippen LogP contribution in [0.2, 0.25) is 0 Å². The van der Waals surface area contributed by atoms with Crippen molar-refractivity contribution in [1.29, 1.82) is 5.26 Å². The largest absolute Gasteiger partial charge is 0.395 e. The number of hydrogen-bond acceptors (Lipinski definition) is 6. The minimum atomic E-state index is -0.993. The van der Waals surface area contributed by atoms with Gasteiger partial charge in [-0.3, -0.25) is 9.69 Å². The predicted molar refractivity (Wildman–Crippen MR) is 116 cm³/mol. The molecule has 1 N–H and O–H groups in total. The van der Waals surface area contributed by atoms with Crippen molar-refractivity contribution >= 4 is 16.7 Å². The summed E-state index contributed by atoms with van der Waals surface area (Å²) in [5.74, 6) is -2.96. The van der Waals surface area contributed by atoms with Crippen molar-refractivity contribution in [2.24, 2.45) is 7.05 Å². The molecule has 2 atom stereocenters. The third-order valence-corrected chi connectivity index (χ3v) is 6.13. The van der Waals surface area contributed by atoms with Gasteiger partial charge in [-0.1, -0.05) is 0 Å². The van der Waals surface area contributed by atoms with E-state index >= 15 is 0 Å². The van der Waals surface area contributed by atoms with Crippen LogP contribution >= 0.6 is 0 Å². The van der Waals surface area contributed by atoms with E-state index in [-0.39, 0.29) is 42.6 Å². The van der Waals surface area contributed by atoms with Gasteiger partial charge in [0.25, 0.3) is 5.56 Å². The highest BCUT2D eigenvalue weighted by Gasteiger charge is 2.34. The number of fused-ring (bicyclic) bond motifs is 1. The lowest BCUT2D eigenvalue weighted by Gasteiger charge is -2.46. The SMILES string of the molecule is C[C@@H]1CN(Cc2c(F)cc(F)cc2F)[C@@H](CO)CN1c1cc(=O)n(C)c2ccc(C#N)nc12. The van der Waals surface area contributed by atoms with Crippen molar-refractivity contribution in [3.63, 3.8) is 0 Å². The molecule has 33 heavy (non-hydrogen) atoms. The van der Waals surface area contributed by atoms with E-state index in [2.05, 4.69) is 4.98 Å². The van der Waals surface area contributed by atoms with Crippen LogP contribution in [0, 0.1) is 28.8 Å². The van der Waals surface area contributed by atoms with Crippen molar-refractivity contribution in [1.82, 2.24) is 14.5 Å². The maximum absolute atomic E-state index is 14.2. The monoisotopic (exact) mass is 457 g/mol. The van der Waals surface area contributed by atoms with Gasteiger partial charge in [-0.25, -0.2) is 18.2 Å². The number of pyridine rings is 2. The average Bonchev–Trinajstić information content (AvgIpc) is 2.78. The summed E-state index contributed by atoms with van der Waals surface area (Å²) in [5.41, 5.74) is 1.24. The molecule has 1 saturated heterocycles. The molecule has 2 aromatic heterocycles. The van der Waals surface area contributed by atoms with E-state index in [1.807, 2.05) is 17.9 Å². The van der Waals surface area contributed by atoms with Gasteiger partial charge < -0.3 is 14.6 Å². The zero-order chi connectivity index (χ0) is 23.9. The average molecular weight is 457 g/mol. The van der Waals surface area contributed by atoms with Gasteiger partial charge in [0.15, 0.2) is 0 Å². The van der Waals surface area contributed by atoms with Crippen LogP contribution in [0.15, 0.2) is 35.1 Å². The molecule has 3 aromatic rings. The van der Waals surface area contributed by atoms with Crippen LogP contribution in [0.3, 0.4) is 0 Å². The van der Waals surface area contributed by atoms with Crippen molar-refractivity contribution < 1.29 is 18.3 Å². The summed E-state index contributed by atoms with van der Waals surface area (Å²) in [7, 11) is 1.62. The number of hydrogen-bond donors (Lipinski definition) is 1. The first-order valence-corrected chi connectivity index (χ1v) is 10.4. The highest BCUT2D eigenvalue weighted by atomic mass is 19.1. The maximum atomic E-state index is 14.2. The van der Waals surface area contributed by atoms with Crippen molar-refractivity contribution in [3.05, 3.63) is 69.4 Å². The number of aryl methyl sites for hydroxylation is 1. The first-order valence-electron chi connectivity index (χ1n) is 10.4. The second-order valence-electron chi connectivity index (χ2n) is 8.22. The molecule has 1 aliphatic rings. The molecule has 172 valence electrons. The van der Waals surface area contributed by atoms with Crippen molar-refractivity contribution in [2.45, 2.75) is 25.6 Å². The van der Waals surface area contributed by atoms with E-state index < -0.39 is 23.5 Å². The van der Waals surface area contributed by atoms with E-state index in [0.29, 0.717) is 35.4 Å². The van der Waals surface area contributed by atoms with Crippen LogP contribution in [0.5, 0.6) is 0 Å². The Kier molecular flexibility index (Phi) is 6.10. The molecule has 0 unspecified atom stereocenters. The first-order chi connectivity index (χ1) is 15.7. The third kappa shape index (κ3) is 4.17. The predicted octanol–water partition coefficient (Wildman–Crippen LogP) is 2.29. The molecule has 3 heterocycles. The summed E-state index contributed by atoms with van der Waals surface area (Å²) < 4.78 is 43.1. The van der Waals surface area contributed by atoms with Gasteiger partial charge in [-0.15, -0.1) is 0 Å². The normalized spacial score (nSPS) is 19.1. The number of anilines is 1. The number of nitrogens with zero attached hydrogens (tertiary/aromatic N) is 5. The number of nitriles is 1. The Morgan fingerprint density at radius 3 is 2.52 bits per heavy atom. The number of aliphatic hydroxyl groups excluding tert-OH is 1. The number of aliphatic hydroxyl groups is 1. The van der Waals surface area contributed by atoms with Crippen LogP contribution < -0.4 is 10.5 Å². The highest BCUT2D eigenvalue weighted by Crippen LogP contribution is 2.30. The highest BCUT2D eigenvalue weighted by molar-refractivity contribution is 5.89. The van der Waals surface area contributed by atoms with Gasteiger partial charge in [-0.05, 0) is 19.1 Å². The van der Waals surface area contributed by atoms with Crippen molar-refractivity contribution in [2.75, 3.05) is 24.6 Å². The third-order valence-electron chi connectivity index (χ3n) is 6.13. The molecule has 0 bridgehead atoms. The number of halogens is 3. The molecule has 1 aliphatic heterocycles. The number of piperazine rings is 1. The van der Waals surface area contributed by atoms with Crippen LogP contribution in [-0.2, 0) is 13.6 Å². The Labute approximate surface area is 187 Å². The van der Waals surface area contributed by atoms with Gasteiger partial charge in [0.1, 0.15) is 34.7 Å². The minimum Gasteiger partial charge on any atom is -0.395 e. The fourth-order valence-corrected chi connectivity index (χ4v) is 4.33. The lowest BCUT2D eigenvalue weighted by molar-refractivity contribution is 0.0893. The molecular weight excluding hydrogens is 435 g/mol. The van der Waals surface area contributed by atoms with Gasteiger partial charge in [0.05, 0.1) is 23.9 Å². The molecule has 1 fully saturated rings. The molecular formula is C23H22F3N5O2. The second kappa shape index (κ2) is 8.84. The summed E-state index contributed by atoms with van der Waals surface area (Å²) in [6.07, 6.45) is 0. The molecule has 0 amide bonds. The second-order valence-corrected chi connectivity index (χ2v) is 8.22. The summed E-state index contributed by atoms with van der Waals surface area (Å²) >= 11 is 0. The van der Waals surface area contributed by atoms with Gasteiger partial charge in [0, 0.05) is 56.5 Å². The zero-order valence-corrected chi connectivity index (χ0v) is 18.1. The van der Waals surface area contributed by atoms with Crippen LogP contribution in [0.4, 0.5) is 18.9 Å². The molecule has 0 spiro atoms. The van der Waals surface area contributed by atoms with E-state index in [1.54, 1.807) is 18.0 Å². The number of rotatable bonds is 4.